The third kappa shape index (κ3) is 2.55. The first-order valence-electron chi connectivity index (χ1n) is 6.78. The summed E-state index contributed by atoms with van der Waals surface area (Å²) in [5.74, 6) is 0.832. The Morgan fingerprint density at radius 2 is 2.09 bits per heavy atom. The molecule has 0 saturated carbocycles. The third-order valence-electron chi connectivity index (χ3n) is 3.27. The van der Waals surface area contributed by atoms with Crippen LogP contribution in [0.1, 0.15) is 33.7 Å². The Balaban J connectivity index is 1.97. The molecule has 3 N–H and O–H groups in total. The van der Waals surface area contributed by atoms with Crippen molar-refractivity contribution in [2.24, 2.45) is 0 Å². The van der Waals surface area contributed by atoms with E-state index in [2.05, 4.69) is 20.3 Å². The zero-order chi connectivity index (χ0) is 15.9. The van der Waals surface area contributed by atoms with Gasteiger partial charge in [-0.3, -0.25) is 10.1 Å². The molecule has 3 heterocycles. The zero-order valence-corrected chi connectivity index (χ0v) is 14.1. The van der Waals surface area contributed by atoms with Gasteiger partial charge in [0.05, 0.1) is 16.0 Å². The number of carbonyl (C=O) groups is 1. The van der Waals surface area contributed by atoms with Crippen LogP contribution >= 0.6 is 22.7 Å². The summed E-state index contributed by atoms with van der Waals surface area (Å²) in [6, 6.07) is 0. The Labute approximate surface area is 135 Å². The van der Waals surface area contributed by atoms with Crippen molar-refractivity contribution in [3.8, 4) is 0 Å². The topological polar surface area (TPSA) is 93.8 Å². The summed E-state index contributed by atoms with van der Waals surface area (Å²) in [6.45, 7) is 5.68. The lowest BCUT2D eigenvalue weighted by molar-refractivity contribution is 0.103. The molecule has 0 radical (unpaired) electrons. The van der Waals surface area contributed by atoms with E-state index in [9.17, 15) is 4.79 Å². The summed E-state index contributed by atoms with van der Waals surface area (Å²) >= 11 is 2.75. The number of nitrogen functional groups attached to an aromatic ring is 1. The number of aromatic nitrogens is 3. The van der Waals surface area contributed by atoms with Crippen LogP contribution in [0.5, 0.6) is 0 Å². The molecule has 6 nitrogen and oxygen atoms in total. The van der Waals surface area contributed by atoms with Crippen LogP contribution in [0.2, 0.25) is 0 Å². The minimum atomic E-state index is -0.186. The molecule has 3 aromatic rings. The normalized spacial score (nSPS) is 11.0. The van der Waals surface area contributed by atoms with Gasteiger partial charge in [-0.15, -0.1) is 22.7 Å². The lowest BCUT2D eigenvalue weighted by Gasteiger charge is -2.01. The molecule has 0 aliphatic carbocycles. The van der Waals surface area contributed by atoms with E-state index in [1.165, 1.54) is 22.7 Å². The van der Waals surface area contributed by atoms with Gasteiger partial charge < -0.3 is 5.73 Å². The Hall–Kier alpha value is -2.06. The minimum absolute atomic E-state index is 0.186. The van der Waals surface area contributed by atoms with Gasteiger partial charge in [0.2, 0.25) is 0 Å². The second kappa shape index (κ2) is 5.62. The number of hydrogen-bond donors (Lipinski definition) is 2. The average Bonchev–Trinajstić information content (AvgIpc) is 3.03. The van der Waals surface area contributed by atoms with E-state index < -0.39 is 0 Å². The number of fused-ring (bicyclic) bond motifs is 1. The van der Waals surface area contributed by atoms with Crippen molar-refractivity contribution >= 4 is 49.7 Å². The smallest absolute Gasteiger partial charge is 0.267 e. The summed E-state index contributed by atoms with van der Waals surface area (Å²) in [4.78, 5) is 26.7. The highest BCUT2D eigenvalue weighted by Crippen LogP contribution is 2.33. The molecule has 0 aliphatic rings. The molecule has 1 amide bonds. The quantitative estimate of drug-likeness (QED) is 0.768. The number of thiophene rings is 1. The molecule has 22 heavy (non-hydrogen) atoms. The van der Waals surface area contributed by atoms with Gasteiger partial charge in [-0.1, -0.05) is 6.92 Å². The molecular weight excluding hydrogens is 318 g/mol. The van der Waals surface area contributed by atoms with Gasteiger partial charge in [0.1, 0.15) is 16.5 Å². The summed E-state index contributed by atoms with van der Waals surface area (Å²) < 4.78 is 0. The number of carbonyl (C=O) groups excluding carboxylic acids is 1. The van der Waals surface area contributed by atoms with Crippen molar-refractivity contribution in [3.63, 3.8) is 0 Å². The summed E-state index contributed by atoms with van der Waals surface area (Å²) in [5, 5.41) is 6.15. The minimum Gasteiger partial charge on any atom is -0.383 e. The molecule has 0 bridgehead atoms. The molecule has 114 valence electrons. The van der Waals surface area contributed by atoms with E-state index in [4.69, 9.17) is 5.73 Å². The predicted octanol–water partition coefficient (Wildman–Crippen LogP) is 3.16. The van der Waals surface area contributed by atoms with Gasteiger partial charge >= 0.3 is 0 Å². The van der Waals surface area contributed by atoms with Gasteiger partial charge in [0.15, 0.2) is 5.13 Å². The highest BCUT2D eigenvalue weighted by atomic mass is 32.1. The maximum absolute atomic E-state index is 12.5. The van der Waals surface area contributed by atoms with Gasteiger partial charge in [0, 0.05) is 5.38 Å². The number of nitrogens with two attached hydrogens (primary N) is 1. The van der Waals surface area contributed by atoms with E-state index in [0.717, 1.165) is 27.9 Å². The molecular formula is C14H15N5OS2. The van der Waals surface area contributed by atoms with Crippen molar-refractivity contribution in [1.29, 1.82) is 0 Å². The van der Waals surface area contributed by atoms with Crippen LogP contribution in [0.25, 0.3) is 10.2 Å². The molecule has 0 unspecified atom stereocenters. The molecule has 0 spiro atoms. The molecule has 0 saturated heterocycles. The van der Waals surface area contributed by atoms with Crippen LogP contribution in [0.15, 0.2) is 5.38 Å². The van der Waals surface area contributed by atoms with Crippen molar-refractivity contribution in [3.05, 3.63) is 27.3 Å². The maximum atomic E-state index is 12.5. The fraction of sp³-hybridized carbons (Fsp3) is 0.286. The Kier molecular flexibility index (Phi) is 3.79. The number of hydrogen-bond acceptors (Lipinski definition) is 7. The Morgan fingerprint density at radius 1 is 1.32 bits per heavy atom. The van der Waals surface area contributed by atoms with E-state index in [-0.39, 0.29) is 5.91 Å². The molecule has 0 fully saturated rings. The number of rotatable bonds is 3. The van der Waals surface area contributed by atoms with E-state index in [0.29, 0.717) is 21.7 Å². The predicted molar refractivity (Wildman–Crippen MR) is 90.7 cm³/mol. The van der Waals surface area contributed by atoms with Gasteiger partial charge in [0.25, 0.3) is 5.91 Å². The number of thiazole rings is 1. The van der Waals surface area contributed by atoms with Crippen LogP contribution in [0.4, 0.5) is 10.9 Å². The fourth-order valence-electron chi connectivity index (χ4n) is 2.18. The van der Waals surface area contributed by atoms with Gasteiger partial charge in [-0.25, -0.2) is 15.0 Å². The lowest BCUT2D eigenvalue weighted by Crippen LogP contribution is -2.11. The highest BCUT2D eigenvalue weighted by Gasteiger charge is 2.19. The van der Waals surface area contributed by atoms with Crippen molar-refractivity contribution in [2.45, 2.75) is 27.2 Å². The zero-order valence-electron chi connectivity index (χ0n) is 12.4. The first-order valence-corrected chi connectivity index (χ1v) is 8.48. The van der Waals surface area contributed by atoms with Crippen LogP contribution in [0, 0.1) is 13.8 Å². The fourth-order valence-corrected chi connectivity index (χ4v) is 4.10. The number of aryl methyl sites for hydroxylation is 3. The number of nitrogens with zero attached hydrogens (tertiary/aromatic N) is 3. The summed E-state index contributed by atoms with van der Waals surface area (Å²) in [5.41, 5.74) is 7.74. The Morgan fingerprint density at radius 3 is 2.77 bits per heavy atom. The lowest BCUT2D eigenvalue weighted by atomic mass is 10.2. The van der Waals surface area contributed by atoms with Crippen LogP contribution < -0.4 is 11.1 Å². The maximum Gasteiger partial charge on any atom is 0.267 e. The molecule has 8 heteroatoms. The van der Waals surface area contributed by atoms with Crippen molar-refractivity contribution < 1.29 is 4.79 Å². The third-order valence-corrected chi connectivity index (χ3v) is 5.26. The Bertz CT molecular complexity index is 868. The molecule has 0 aliphatic heterocycles. The summed E-state index contributed by atoms with van der Waals surface area (Å²) in [7, 11) is 0. The largest absolute Gasteiger partial charge is 0.383 e. The van der Waals surface area contributed by atoms with E-state index in [1.54, 1.807) is 6.92 Å². The van der Waals surface area contributed by atoms with Crippen molar-refractivity contribution in [1.82, 2.24) is 15.0 Å². The van der Waals surface area contributed by atoms with Gasteiger partial charge in [-0.2, -0.15) is 0 Å². The molecule has 0 atom stereocenters. The standard InChI is InChI=1S/C14H15N5OS2/c1-4-8-5-21-14(18-8)19-12(20)10-6(2)9-11(15)16-7(3)17-13(9)22-10/h5H,4H2,1-3H3,(H2,15,16,17)(H,18,19,20). The monoisotopic (exact) mass is 333 g/mol. The number of amides is 1. The van der Waals surface area contributed by atoms with Crippen LogP contribution in [0.3, 0.4) is 0 Å². The van der Waals surface area contributed by atoms with Crippen LogP contribution in [-0.2, 0) is 6.42 Å². The number of anilines is 2. The molecule has 0 aromatic carbocycles. The second-order valence-electron chi connectivity index (χ2n) is 4.84. The highest BCUT2D eigenvalue weighted by molar-refractivity contribution is 7.21. The molecule has 3 aromatic heterocycles. The molecule has 3 rings (SSSR count). The van der Waals surface area contributed by atoms with Crippen molar-refractivity contribution in [2.75, 3.05) is 11.1 Å². The first kappa shape index (κ1) is 14.9. The second-order valence-corrected chi connectivity index (χ2v) is 6.70. The number of nitrogens with one attached hydrogen (secondary N) is 1. The summed E-state index contributed by atoms with van der Waals surface area (Å²) in [6.07, 6.45) is 0.847. The van der Waals surface area contributed by atoms with Gasteiger partial charge in [-0.05, 0) is 25.8 Å². The SMILES string of the molecule is CCc1csc(NC(=O)c2sc3nc(C)nc(N)c3c2C)n1. The van der Waals surface area contributed by atoms with E-state index in [1.807, 2.05) is 19.2 Å². The first-order chi connectivity index (χ1) is 10.5. The average molecular weight is 333 g/mol. The van der Waals surface area contributed by atoms with E-state index >= 15 is 0 Å². The van der Waals surface area contributed by atoms with Crippen LogP contribution in [-0.4, -0.2) is 20.9 Å².